The van der Waals surface area contributed by atoms with Gasteiger partial charge in [-0.1, -0.05) is 6.07 Å². The molecule has 27 heavy (non-hydrogen) atoms. The van der Waals surface area contributed by atoms with Crippen molar-refractivity contribution in [3.8, 4) is 11.4 Å². The average molecular weight is 371 g/mol. The van der Waals surface area contributed by atoms with E-state index in [0.29, 0.717) is 18.0 Å². The Labute approximate surface area is 155 Å². The molecule has 0 saturated carbocycles. The molecule has 2 aromatic heterocycles. The zero-order valence-electron chi connectivity index (χ0n) is 15.5. The van der Waals surface area contributed by atoms with E-state index in [4.69, 9.17) is 16.2 Å². The van der Waals surface area contributed by atoms with Gasteiger partial charge in [-0.05, 0) is 32.4 Å². The number of benzene rings is 1. The third-order valence-electron chi connectivity index (χ3n) is 4.67. The lowest BCUT2D eigenvalue weighted by molar-refractivity contribution is 0.0685. The Morgan fingerprint density at radius 2 is 1.96 bits per heavy atom. The Morgan fingerprint density at radius 3 is 2.48 bits per heavy atom. The number of aromatic carboxylic acids is 1. The predicted molar refractivity (Wildman–Crippen MR) is 101 cm³/mol. The van der Waals surface area contributed by atoms with E-state index >= 15 is 0 Å². The summed E-state index contributed by atoms with van der Waals surface area (Å²) in [5.74, 6) is -1.35. The number of hydrogen-bond acceptors (Lipinski definition) is 5. The normalized spacial score (nSPS) is 11.1. The molecule has 1 aromatic carbocycles. The zero-order valence-corrected chi connectivity index (χ0v) is 15.5. The van der Waals surface area contributed by atoms with Gasteiger partial charge in [0.15, 0.2) is 11.3 Å². The fraction of sp³-hybridized carbons (Fsp3) is 0.278. The smallest absolute Gasteiger partial charge is 0.354 e. The first-order valence-corrected chi connectivity index (χ1v) is 8.32. The number of aromatic nitrogens is 3. The molecule has 0 atom stereocenters. The average Bonchev–Trinajstić information content (AvgIpc) is 3.09. The molecule has 0 spiro atoms. The van der Waals surface area contributed by atoms with Crippen molar-refractivity contribution in [2.75, 3.05) is 12.8 Å². The van der Waals surface area contributed by atoms with Crippen LogP contribution in [0.25, 0.3) is 16.7 Å². The van der Waals surface area contributed by atoms with Crippen molar-refractivity contribution < 1.29 is 19.4 Å². The number of carbonyl (C=O) groups excluding carboxylic acids is 1. The maximum Gasteiger partial charge on any atom is 0.354 e. The molecule has 0 aliphatic carbocycles. The van der Waals surface area contributed by atoms with E-state index in [-0.39, 0.29) is 28.1 Å². The summed E-state index contributed by atoms with van der Waals surface area (Å²) < 4.78 is 8.28. The van der Waals surface area contributed by atoms with Crippen LogP contribution in [-0.2, 0) is 6.54 Å². The number of nitrogens with two attached hydrogens (primary N) is 2. The Balaban J connectivity index is 2.55. The van der Waals surface area contributed by atoms with Crippen LogP contribution in [0.1, 0.15) is 38.9 Å². The Hall–Kier alpha value is -3.49. The number of hydrogen-bond donors (Lipinski definition) is 3. The van der Waals surface area contributed by atoms with Gasteiger partial charge in [0.2, 0.25) is 0 Å². The Morgan fingerprint density at radius 1 is 1.30 bits per heavy atom. The number of fused-ring (bicyclic) bond motifs is 1. The largest absolute Gasteiger partial charge is 0.496 e. The predicted octanol–water partition coefficient (Wildman–Crippen LogP) is 1.85. The SMILES string of the molecule is CCn1nc2c(c(C(N)=O)c(N)n2-c2c(C)ccc(OC)c2C)c1C(=O)O. The van der Waals surface area contributed by atoms with Crippen molar-refractivity contribution in [2.45, 2.75) is 27.3 Å². The van der Waals surface area contributed by atoms with Crippen molar-refractivity contribution in [2.24, 2.45) is 5.73 Å². The van der Waals surface area contributed by atoms with Gasteiger partial charge in [0.1, 0.15) is 11.6 Å². The molecule has 3 rings (SSSR count). The van der Waals surface area contributed by atoms with Crippen LogP contribution in [-0.4, -0.2) is 38.4 Å². The van der Waals surface area contributed by atoms with Gasteiger partial charge >= 0.3 is 5.97 Å². The van der Waals surface area contributed by atoms with Gasteiger partial charge in [0, 0.05) is 12.1 Å². The van der Waals surface area contributed by atoms with Gasteiger partial charge in [0.25, 0.3) is 5.91 Å². The molecule has 0 radical (unpaired) electrons. The van der Waals surface area contributed by atoms with Crippen molar-refractivity contribution in [1.82, 2.24) is 14.3 Å². The third-order valence-corrected chi connectivity index (χ3v) is 4.67. The summed E-state index contributed by atoms with van der Waals surface area (Å²) in [6.45, 7) is 5.81. The molecule has 142 valence electrons. The number of nitrogen functional groups attached to an aromatic ring is 1. The lowest BCUT2D eigenvalue weighted by Crippen LogP contribution is -2.17. The second-order valence-electron chi connectivity index (χ2n) is 6.19. The highest BCUT2D eigenvalue weighted by atomic mass is 16.5. The topological polar surface area (TPSA) is 138 Å². The van der Waals surface area contributed by atoms with Crippen molar-refractivity contribution >= 4 is 28.7 Å². The number of rotatable bonds is 5. The summed E-state index contributed by atoms with van der Waals surface area (Å²) in [6, 6.07) is 3.68. The first-order valence-electron chi connectivity index (χ1n) is 8.32. The fourth-order valence-electron chi connectivity index (χ4n) is 3.49. The Bertz CT molecular complexity index is 1090. The second-order valence-corrected chi connectivity index (χ2v) is 6.19. The molecular weight excluding hydrogens is 350 g/mol. The van der Waals surface area contributed by atoms with E-state index in [2.05, 4.69) is 5.10 Å². The van der Waals surface area contributed by atoms with Gasteiger partial charge in [0.05, 0.1) is 23.7 Å². The maximum atomic E-state index is 12.1. The number of primary amides is 1. The number of amides is 1. The number of nitrogens with zero attached hydrogens (tertiary/aromatic N) is 3. The third kappa shape index (κ3) is 2.50. The molecule has 0 aliphatic rings. The highest BCUT2D eigenvalue weighted by molar-refractivity contribution is 6.16. The fourth-order valence-corrected chi connectivity index (χ4v) is 3.49. The van der Waals surface area contributed by atoms with Gasteiger partial charge in [-0.15, -0.1) is 0 Å². The number of carbonyl (C=O) groups is 2. The highest BCUT2D eigenvalue weighted by Crippen LogP contribution is 2.37. The molecular formula is C18H21N5O4. The number of aryl methyl sites for hydroxylation is 2. The van der Waals surface area contributed by atoms with Crippen LogP contribution >= 0.6 is 0 Å². The molecule has 0 saturated heterocycles. The van der Waals surface area contributed by atoms with Gasteiger partial charge < -0.3 is 21.3 Å². The number of anilines is 1. The molecule has 3 aromatic rings. The lowest BCUT2D eigenvalue weighted by atomic mass is 10.1. The van der Waals surface area contributed by atoms with Crippen LogP contribution < -0.4 is 16.2 Å². The zero-order chi connectivity index (χ0) is 20.0. The monoisotopic (exact) mass is 371 g/mol. The summed E-state index contributed by atoms with van der Waals surface area (Å²) in [4.78, 5) is 24.0. The minimum atomic E-state index is -1.21. The minimum Gasteiger partial charge on any atom is -0.496 e. The van der Waals surface area contributed by atoms with E-state index < -0.39 is 11.9 Å². The van der Waals surface area contributed by atoms with E-state index in [1.165, 1.54) is 4.68 Å². The van der Waals surface area contributed by atoms with E-state index in [1.54, 1.807) is 18.6 Å². The molecule has 5 N–H and O–H groups in total. The summed E-state index contributed by atoms with van der Waals surface area (Å²) in [5.41, 5.74) is 14.2. The van der Waals surface area contributed by atoms with Crippen LogP contribution in [0.3, 0.4) is 0 Å². The van der Waals surface area contributed by atoms with Gasteiger partial charge in [-0.3, -0.25) is 14.0 Å². The first kappa shape index (κ1) is 18.3. The first-order chi connectivity index (χ1) is 12.7. The number of carboxylic acid groups (broad SMARTS) is 1. The molecule has 0 bridgehead atoms. The summed E-state index contributed by atoms with van der Waals surface area (Å²) in [6.07, 6.45) is 0. The quantitative estimate of drug-likeness (QED) is 0.625. The molecule has 9 heteroatoms. The lowest BCUT2D eigenvalue weighted by Gasteiger charge is -2.16. The second kappa shape index (κ2) is 6.35. The van der Waals surface area contributed by atoms with Crippen LogP contribution in [0, 0.1) is 13.8 Å². The molecule has 1 amide bonds. The molecule has 0 unspecified atom stereocenters. The summed E-state index contributed by atoms with van der Waals surface area (Å²) in [5, 5.41) is 14.2. The van der Waals surface area contributed by atoms with Gasteiger partial charge in [-0.2, -0.15) is 5.10 Å². The van der Waals surface area contributed by atoms with Crippen LogP contribution in [0.2, 0.25) is 0 Å². The highest BCUT2D eigenvalue weighted by Gasteiger charge is 2.31. The number of carboxylic acids is 1. The maximum absolute atomic E-state index is 12.1. The molecule has 0 aliphatic heterocycles. The summed E-state index contributed by atoms with van der Waals surface area (Å²) >= 11 is 0. The standard InChI is InChI=1S/C18H21N5O4/c1-5-22-14(18(25)26)11-12(16(20)24)15(19)23(17(11)21-22)13-8(2)6-7-10(27-4)9(13)3/h6-7H,5,19H2,1-4H3,(H2,20,24)(H,25,26). The van der Waals surface area contributed by atoms with E-state index in [1.807, 2.05) is 26.0 Å². The van der Waals surface area contributed by atoms with Gasteiger partial charge in [-0.25, -0.2) is 4.79 Å². The van der Waals surface area contributed by atoms with E-state index in [0.717, 1.165) is 11.1 Å². The van der Waals surface area contributed by atoms with Crippen LogP contribution in [0.4, 0.5) is 5.82 Å². The van der Waals surface area contributed by atoms with E-state index in [9.17, 15) is 14.7 Å². The van der Waals surface area contributed by atoms with Crippen molar-refractivity contribution in [3.05, 3.63) is 34.5 Å². The van der Waals surface area contributed by atoms with Crippen molar-refractivity contribution in [1.29, 1.82) is 0 Å². The minimum absolute atomic E-state index is 0.0465. The Kier molecular flexibility index (Phi) is 4.30. The number of methoxy groups -OCH3 is 1. The van der Waals surface area contributed by atoms with Crippen LogP contribution in [0.5, 0.6) is 5.75 Å². The molecule has 0 fully saturated rings. The number of ether oxygens (including phenoxy) is 1. The van der Waals surface area contributed by atoms with Crippen molar-refractivity contribution in [3.63, 3.8) is 0 Å². The van der Waals surface area contributed by atoms with Crippen LogP contribution in [0.15, 0.2) is 12.1 Å². The molecule has 2 heterocycles. The molecule has 9 nitrogen and oxygen atoms in total. The summed E-state index contributed by atoms with van der Waals surface area (Å²) in [7, 11) is 1.55.